The van der Waals surface area contributed by atoms with Crippen molar-refractivity contribution in [1.82, 2.24) is 0 Å². The summed E-state index contributed by atoms with van der Waals surface area (Å²) in [4.78, 5) is 11.0. The molecule has 0 heterocycles. The molecule has 0 aromatic carbocycles. The molecule has 0 rings (SSSR count). The van der Waals surface area contributed by atoms with E-state index in [-0.39, 0.29) is 19.4 Å². The highest BCUT2D eigenvalue weighted by molar-refractivity contribution is 5.79. The number of alkyl halides is 2. The lowest BCUT2D eigenvalue weighted by atomic mass is 9.88. The highest BCUT2D eigenvalue weighted by atomic mass is 19.3. The van der Waals surface area contributed by atoms with Gasteiger partial charge in [-0.1, -0.05) is 20.3 Å². The predicted octanol–water partition coefficient (Wildman–Crippen LogP) is 2.13. The molecular weight excluding hydrogens is 206 g/mol. The van der Waals surface area contributed by atoms with Crippen LogP contribution in [-0.2, 0) is 9.53 Å². The molecule has 0 radical (unpaired) electrons. The number of carbonyl (C=O) groups excluding carboxylic acids is 1. The van der Waals surface area contributed by atoms with Crippen LogP contribution in [0.15, 0.2) is 0 Å². The summed E-state index contributed by atoms with van der Waals surface area (Å²) in [6.45, 7) is 4.41. The first-order chi connectivity index (χ1) is 6.85. The molecule has 3 nitrogen and oxygen atoms in total. The molecule has 1 atom stereocenters. The third kappa shape index (κ3) is 2.87. The quantitative estimate of drug-likeness (QED) is 0.703. The summed E-state index contributed by atoms with van der Waals surface area (Å²) in [7, 11) is 0. The SMILES string of the molecule is CCCC(O)(CC)C(F)(F)C(=O)OCC. The van der Waals surface area contributed by atoms with E-state index in [4.69, 9.17) is 0 Å². The maximum Gasteiger partial charge on any atom is 0.380 e. The van der Waals surface area contributed by atoms with Crippen LogP contribution in [0.1, 0.15) is 40.0 Å². The third-order valence-corrected chi connectivity index (χ3v) is 2.36. The average molecular weight is 224 g/mol. The summed E-state index contributed by atoms with van der Waals surface area (Å²) >= 11 is 0. The van der Waals surface area contributed by atoms with Crippen molar-refractivity contribution in [3.8, 4) is 0 Å². The van der Waals surface area contributed by atoms with Crippen molar-refractivity contribution in [2.45, 2.75) is 51.6 Å². The highest BCUT2D eigenvalue weighted by Gasteiger charge is 2.57. The second-order valence-corrected chi connectivity index (χ2v) is 3.43. The van der Waals surface area contributed by atoms with Crippen molar-refractivity contribution >= 4 is 5.97 Å². The number of ether oxygens (including phenoxy) is 1. The molecule has 1 N–H and O–H groups in total. The van der Waals surface area contributed by atoms with Crippen LogP contribution in [0.3, 0.4) is 0 Å². The molecule has 0 aliphatic heterocycles. The molecule has 90 valence electrons. The molecule has 0 fully saturated rings. The zero-order chi connectivity index (χ0) is 12.1. The highest BCUT2D eigenvalue weighted by Crippen LogP contribution is 2.36. The van der Waals surface area contributed by atoms with Crippen LogP contribution in [0.25, 0.3) is 0 Å². The second kappa shape index (κ2) is 5.39. The number of aliphatic hydroxyl groups is 1. The number of esters is 1. The molecule has 0 spiro atoms. The van der Waals surface area contributed by atoms with Crippen LogP contribution in [0.4, 0.5) is 8.78 Å². The van der Waals surface area contributed by atoms with Gasteiger partial charge < -0.3 is 9.84 Å². The molecule has 1 unspecified atom stereocenters. The minimum atomic E-state index is -3.84. The first-order valence-electron chi connectivity index (χ1n) is 5.13. The minimum Gasteiger partial charge on any atom is -0.461 e. The van der Waals surface area contributed by atoms with Gasteiger partial charge >= 0.3 is 11.9 Å². The van der Waals surface area contributed by atoms with Gasteiger partial charge in [-0.25, -0.2) is 4.79 Å². The monoisotopic (exact) mass is 224 g/mol. The van der Waals surface area contributed by atoms with Gasteiger partial charge in [0.05, 0.1) is 6.61 Å². The van der Waals surface area contributed by atoms with Crippen molar-refractivity contribution in [3.63, 3.8) is 0 Å². The smallest absolute Gasteiger partial charge is 0.380 e. The predicted molar refractivity (Wildman–Crippen MR) is 51.7 cm³/mol. The van der Waals surface area contributed by atoms with Gasteiger partial charge in [-0.15, -0.1) is 0 Å². The van der Waals surface area contributed by atoms with E-state index in [0.717, 1.165) is 0 Å². The summed E-state index contributed by atoms with van der Waals surface area (Å²) in [6.07, 6.45) is 0.0568. The molecule has 0 amide bonds. The molecule has 0 aliphatic rings. The van der Waals surface area contributed by atoms with Gasteiger partial charge in [0, 0.05) is 0 Å². The van der Waals surface area contributed by atoms with Gasteiger partial charge in [0.1, 0.15) is 5.60 Å². The molecule has 5 heteroatoms. The topological polar surface area (TPSA) is 46.5 Å². The van der Waals surface area contributed by atoms with Crippen LogP contribution < -0.4 is 0 Å². The largest absolute Gasteiger partial charge is 0.461 e. The Labute approximate surface area is 88.4 Å². The molecular formula is C10H18F2O3. The number of rotatable bonds is 6. The fraction of sp³-hybridized carbons (Fsp3) is 0.900. The van der Waals surface area contributed by atoms with E-state index in [1.165, 1.54) is 13.8 Å². The fourth-order valence-electron chi connectivity index (χ4n) is 1.38. The lowest BCUT2D eigenvalue weighted by Crippen LogP contribution is -2.53. The van der Waals surface area contributed by atoms with Gasteiger partial charge in [0.15, 0.2) is 0 Å². The Morgan fingerprint density at radius 2 is 1.87 bits per heavy atom. The van der Waals surface area contributed by atoms with Crippen LogP contribution in [0.2, 0.25) is 0 Å². The van der Waals surface area contributed by atoms with Gasteiger partial charge in [0.25, 0.3) is 0 Å². The minimum absolute atomic E-state index is 0.125. The van der Waals surface area contributed by atoms with E-state index < -0.39 is 17.5 Å². The van der Waals surface area contributed by atoms with Crippen molar-refractivity contribution < 1.29 is 23.4 Å². The Morgan fingerprint density at radius 3 is 2.20 bits per heavy atom. The Balaban J connectivity index is 4.86. The van der Waals surface area contributed by atoms with Crippen LogP contribution in [0, 0.1) is 0 Å². The van der Waals surface area contributed by atoms with E-state index in [0.29, 0.717) is 6.42 Å². The zero-order valence-corrected chi connectivity index (χ0v) is 9.35. The van der Waals surface area contributed by atoms with E-state index in [9.17, 15) is 18.7 Å². The molecule has 0 aromatic heterocycles. The van der Waals surface area contributed by atoms with Crippen LogP contribution in [-0.4, -0.2) is 29.2 Å². The van der Waals surface area contributed by atoms with Crippen molar-refractivity contribution in [2.24, 2.45) is 0 Å². The summed E-state index contributed by atoms with van der Waals surface area (Å²) < 4.78 is 31.3. The Morgan fingerprint density at radius 1 is 1.33 bits per heavy atom. The van der Waals surface area contributed by atoms with E-state index >= 15 is 0 Å². The maximum absolute atomic E-state index is 13.5. The van der Waals surface area contributed by atoms with Crippen molar-refractivity contribution in [1.29, 1.82) is 0 Å². The Bertz CT molecular complexity index is 219. The van der Waals surface area contributed by atoms with Gasteiger partial charge in [-0.2, -0.15) is 8.78 Å². The van der Waals surface area contributed by atoms with Crippen molar-refractivity contribution in [2.75, 3.05) is 6.61 Å². The first-order valence-corrected chi connectivity index (χ1v) is 5.13. The summed E-state index contributed by atoms with van der Waals surface area (Å²) in [5.41, 5.74) is -2.30. The van der Waals surface area contributed by atoms with E-state index in [2.05, 4.69) is 4.74 Å². The molecule has 15 heavy (non-hydrogen) atoms. The summed E-state index contributed by atoms with van der Waals surface area (Å²) in [6, 6.07) is 0. The normalized spacial score (nSPS) is 15.9. The van der Waals surface area contributed by atoms with Crippen LogP contribution >= 0.6 is 0 Å². The van der Waals surface area contributed by atoms with Gasteiger partial charge in [-0.05, 0) is 19.8 Å². The molecule has 0 aliphatic carbocycles. The molecule has 0 bridgehead atoms. The first kappa shape index (κ1) is 14.3. The Hall–Kier alpha value is -0.710. The average Bonchev–Trinajstić information content (AvgIpc) is 2.18. The number of hydrogen-bond donors (Lipinski definition) is 1. The van der Waals surface area contributed by atoms with E-state index in [1.807, 2.05) is 0 Å². The lowest BCUT2D eigenvalue weighted by molar-refractivity contribution is -0.216. The number of hydrogen-bond acceptors (Lipinski definition) is 3. The lowest BCUT2D eigenvalue weighted by Gasteiger charge is -2.32. The standard InChI is InChI=1S/C10H18F2O3/c1-4-7-9(14,5-2)10(11,12)8(13)15-6-3/h14H,4-7H2,1-3H3. The molecule has 0 saturated carbocycles. The molecule has 0 aromatic rings. The van der Waals surface area contributed by atoms with Crippen molar-refractivity contribution in [3.05, 3.63) is 0 Å². The van der Waals surface area contributed by atoms with Crippen LogP contribution in [0.5, 0.6) is 0 Å². The zero-order valence-electron chi connectivity index (χ0n) is 9.35. The maximum atomic E-state index is 13.5. The second-order valence-electron chi connectivity index (χ2n) is 3.43. The summed E-state index contributed by atoms with van der Waals surface area (Å²) in [5.74, 6) is -5.49. The summed E-state index contributed by atoms with van der Waals surface area (Å²) in [5, 5.41) is 9.69. The van der Waals surface area contributed by atoms with Gasteiger partial charge in [0.2, 0.25) is 0 Å². The number of carbonyl (C=O) groups is 1. The molecule has 0 saturated heterocycles. The van der Waals surface area contributed by atoms with Gasteiger partial charge in [-0.3, -0.25) is 0 Å². The Kier molecular flexibility index (Phi) is 5.14. The fourth-order valence-corrected chi connectivity index (χ4v) is 1.38. The number of halogens is 2. The van der Waals surface area contributed by atoms with E-state index in [1.54, 1.807) is 6.92 Å². The third-order valence-electron chi connectivity index (χ3n) is 2.36.